The van der Waals surface area contributed by atoms with Gasteiger partial charge in [0.1, 0.15) is 0 Å². The third-order valence-corrected chi connectivity index (χ3v) is 5.96. The van der Waals surface area contributed by atoms with E-state index in [0.29, 0.717) is 12.1 Å². The number of nitrogens with zero attached hydrogens (tertiary/aromatic N) is 2. The van der Waals surface area contributed by atoms with Crippen LogP contribution in [0.15, 0.2) is 59.5 Å². The second kappa shape index (κ2) is 9.64. The standard InChI is InChI=1S/C20H27N3O3S/c1-22(2)15-7-14-21-20(24)18-12-10-17(11-13-18)16-23(3)27(25,26)19-8-5-4-6-9-19/h4-6,8-13H,7,14-16H2,1-3H3,(H,21,24). The lowest BCUT2D eigenvalue weighted by Crippen LogP contribution is -2.27. The smallest absolute Gasteiger partial charge is 0.251 e. The van der Waals surface area contributed by atoms with E-state index in [0.717, 1.165) is 18.5 Å². The average molecular weight is 390 g/mol. The maximum Gasteiger partial charge on any atom is 0.251 e. The molecule has 1 amide bonds. The van der Waals surface area contributed by atoms with E-state index in [4.69, 9.17) is 0 Å². The number of hydrogen-bond acceptors (Lipinski definition) is 4. The average Bonchev–Trinajstić information content (AvgIpc) is 2.66. The lowest BCUT2D eigenvalue weighted by molar-refractivity contribution is 0.0952. The van der Waals surface area contributed by atoms with Crippen molar-refractivity contribution in [2.75, 3.05) is 34.2 Å². The molecule has 0 fully saturated rings. The van der Waals surface area contributed by atoms with Gasteiger partial charge in [-0.25, -0.2) is 8.42 Å². The maximum absolute atomic E-state index is 12.6. The molecular weight excluding hydrogens is 362 g/mol. The van der Waals surface area contributed by atoms with Crippen LogP contribution in [-0.4, -0.2) is 57.8 Å². The summed E-state index contributed by atoms with van der Waals surface area (Å²) >= 11 is 0. The summed E-state index contributed by atoms with van der Waals surface area (Å²) in [5.74, 6) is -0.120. The third-order valence-electron chi connectivity index (χ3n) is 4.14. The summed E-state index contributed by atoms with van der Waals surface area (Å²) in [5.41, 5.74) is 1.39. The molecular formula is C20H27N3O3S. The van der Waals surface area contributed by atoms with Crippen LogP contribution < -0.4 is 5.32 Å². The lowest BCUT2D eigenvalue weighted by atomic mass is 10.1. The Morgan fingerprint density at radius 2 is 1.59 bits per heavy atom. The highest BCUT2D eigenvalue weighted by atomic mass is 32.2. The van der Waals surface area contributed by atoms with E-state index in [9.17, 15) is 13.2 Å². The van der Waals surface area contributed by atoms with Crippen LogP contribution in [0.3, 0.4) is 0 Å². The molecule has 0 aliphatic carbocycles. The highest BCUT2D eigenvalue weighted by Gasteiger charge is 2.20. The summed E-state index contributed by atoms with van der Waals surface area (Å²) in [6, 6.07) is 15.4. The SMILES string of the molecule is CN(C)CCCNC(=O)c1ccc(CN(C)S(=O)(=O)c2ccccc2)cc1. The minimum atomic E-state index is -3.54. The van der Waals surface area contributed by atoms with Crippen molar-refractivity contribution >= 4 is 15.9 Å². The van der Waals surface area contributed by atoms with Crippen LogP contribution in [-0.2, 0) is 16.6 Å². The third kappa shape index (κ3) is 6.16. The largest absolute Gasteiger partial charge is 0.352 e. The Balaban J connectivity index is 1.94. The van der Waals surface area contributed by atoms with Gasteiger partial charge in [-0.3, -0.25) is 4.79 Å². The Labute approximate surface area is 161 Å². The van der Waals surface area contributed by atoms with E-state index in [-0.39, 0.29) is 17.3 Å². The summed E-state index contributed by atoms with van der Waals surface area (Å²) in [6.45, 7) is 1.78. The summed E-state index contributed by atoms with van der Waals surface area (Å²) in [4.78, 5) is 14.5. The van der Waals surface area contributed by atoms with Crippen molar-refractivity contribution in [3.8, 4) is 0 Å². The molecule has 27 heavy (non-hydrogen) atoms. The van der Waals surface area contributed by atoms with Gasteiger partial charge in [0.2, 0.25) is 10.0 Å². The highest BCUT2D eigenvalue weighted by Crippen LogP contribution is 2.16. The summed E-state index contributed by atoms with van der Waals surface area (Å²) in [5, 5.41) is 2.89. The predicted molar refractivity (Wildman–Crippen MR) is 107 cm³/mol. The molecule has 146 valence electrons. The molecule has 0 aliphatic heterocycles. The van der Waals surface area contributed by atoms with Crippen molar-refractivity contribution in [2.45, 2.75) is 17.9 Å². The number of benzene rings is 2. The van der Waals surface area contributed by atoms with Crippen LogP contribution in [0, 0.1) is 0 Å². The molecule has 2 aromatic carbocycles. The van der Waals surface area contributed by atoms with Gasteiger partial charge in [0, 0.05) is 25.7 Å². The molecule has 6 nitrogen and oxygen atoms in total. The van der Waals surface area contributed by atoms with Gasteiger partial charge < -0.3 is 10.2 Å². The number of rotatable bonds is 9. The lowest BCUT2D eigenvalue weighted by Gasteiger charge is -2.17. The first kappa shape index (κ1) is 21.1. The molecule has 0 spiro atoms. The molecule has 0 saturated heterocycles. The fraction of sp³-hybridized carbons (Fsp3) is 0.350. The maximum atomic E-state index is 12.6. The first-order valence-electron chi connectivity index (χ1n) is 8.84. The summed E-state index contributed by atoms with van der Waals surface area (Å²) < 4.78 is 26.4. The Kier molecular flexibility index (Phi) is 7.53. The normalized spacial score (nSPS) is 11.7. The zero-order chi connectivity index (χ0) is 19.9. The van der Waals surface area contributed by atoms with Crippen molar-refractivity contribution in [3.05, 3.63) is 65.7 Å². The molecule has 0 unspecified atom stereocenters. The van der Waals surface area contributed by atoms with Crippen molar-refractivity contribution in [2.24, 2.45) is 0 Å². The van der Waals surface area contributed by atoms with Gasteiger partial charge in [-0.1, -0.05) is 30.3 Å². The van der Waals surface area contributed by atoms with Gasteiger partial charge in [0.25, 0.3) is 5.91 Å². The van der Waals surface area contributed by atoms with Crippen molar-refractivity contribution in [1.29, 1.82) is 0 Å². The summed E-state index contributed by atoms with van der Waals surface area (Å²) in [7, 11) is 2.00. The van der Waals surface area contributed by atoms with E-state index in [1.54, 1.807) is 61.6 Å². The van der Waals surface area contributed by atoms with Gasteiger partial charge in [0.05, 0.1) is 4.90 Å². The first-order valence-corrected chi connectivity index (χ1v) is 10.3. The zero-order valence-electron chi connectivity index (χ0n) is 16.1. The fourth-order valence-electron chi connectivity index (χ4n) is 2.58. The van der Waals surface area contributed by atoms with Crippen LogP contribution in [0.2, 0.25) is 0 Å². The van der Waals surface area contributed by atoms with Crippen LogP contribution in [0.4, 0.5) is 0 Å². The number of nitrogens with one attached hydrogen (secondary N) is 1. The Morgan fingerprint density at radius 3 is 2.19 bits per heavy atom. The number of carbonyl (C=O) groups is 1. The molecule has 2 aromatic rings. The van der Waals surface area contributed by atoms with E-state index in [2.05, 4.69) is 10.2 Å². The van der Waals surface area contributed by atoms with Gasteiger partial charge in [0.15, 0.2) is 0 Å². The van der Waals surface area contributed by atoms with E-state index < -0.39 is 10.0 Å². The van der Waals surface area contributed by atoms with E-state index in [1.807, 2.05) is 14.1 Å². The quantitative estimate of drug-likeness (QED) is 0.668. The van der Waals surface area contributed by atoms with Gasteiger partial charge in [-0.05, 0) is 56.9 Å². The number of carbonyl (C=O) groups excluding carboxylic acids is 1. The van der Waals surface area contributed by atoms with E-state index >= 15 is 0 Å². The van der Waals surface area contributed by atoms with Crippen molar-refractivity contribution in [1.82, 2.24) is 14.5 Å². The number of amides is 1. The Morgan fingerprint density at radius 1 is 0.963 bits per heavy atom. The van der Waals surface area contributed by atoms with Gasteiger partial charge >= 0.3 is 0 Å². The van der Waals surface area contributed by atoms with Gasteiger partial charge in [-0.15, -0.1) is 0 Å². The molecule has 2 rings (SSSR count). The molecule has 0 saturated carbocycles. The highest BCUT2D eigenvalue weighted by molar-refractivity contribution is 7.89. The molecule has 0 atom stereocenters. The monoisotopic (exact) mass is 389 g/mol. The Bertz CT molecular complexity index is 835. The van der Waals surface area contributed by atoms with Crippen LogP contribution in [0.25, 0.3) is 0 Å². The Hall–Kier alpha value is -2.22. The van der Waals surface area contributed by atoms with E-state index in [1.165, 1.54) is 4.31 Å². The molecule has 1 N–H and O–H groups in total. The molecule has 0 aliphatic rings. The van der Waals surface area contributed by atoms with Crippen molar-refractivity contribution < 1.29 is 13.2 Å². The fourth-order valence-corrected chi connectivity index (χ4v) is 3.76. The molecule has 0 radical (unpaired) electrons. The minimum Gasteiger partial charge on any atom is -0.352 e. The first-order chi connectivity index (χ1) is 12.8. The summed E-state index contributed by atoms with van der Waals surface area (Å²) in [6.07, 6.45) is 0.888. The second-order valence-electron chi connectivity index (χ2n) is 6.68. The van der Waals surface area contributed by atoms with Crippen LogP contribution >= 0.6 is 0 Å². The topological polar surface area (TPSA) is 69.7 Å². The van der Waals surface area contributed by atoms with Crippen LogP contribution in [0.5, 0.6) is 0 Å². The minimum absolute atomic E-state index is 0.120. The molecule has 0 heterocycles. The van der Waals surface area contributed by atoms with Crippen molar-refractivity contribution in [3.63, 3.8) is 0 Å². The number of hydrogen-bond donors (Lipinski definition) is 1. The van der Waals surface area contributed by atoms with Crippen LogP contribution in [0.1, 0.15) is 22.3 Å². The molecule has 0 aromatic heterocycles. The zero-order valence-corrected chi connectivity index (χ0v) is 16.9. The molecule has 7 heteroatoms. The second-order valence-corrected chi connectivity index (χ2v) is 8.73. The molecule has 0 bridgehead atoms. The van der Waals surface area contributed by atoms with Gasteiger partial charge in [-0.2, -0.15) is 4.31 Å². The predicted octanol–water partition coefficient (Wildman–Crippen LogP) is 2.19. The number of sulfonamides is 1.